The van der Waals surface area contributed by atoms with Crippen molar-refractivity contribution in [1.82, 2.24) is 15.5 Å². The van der Waals surface area contributed by atoms with Crippen LogP contribution in [0.1, 0.15) is 43.1 Å². The van der Waals surface area contributed by atoms with Gasteiger partial charge in [-0.05, 0) is 31.7 Å². The van der Waals surface area contributed by atoms with Crippen molar-refractivity contribution in [2.45, 2.75) is 52.1 Å². The Morgan fingerprint density at radius 3 is 2.79 bits per heavy atom. The number of hydrogen-bond acceptors (Lipinski definition) is 5. The lowest BCUT2D eigenvalue weighted by molar-refractivity contribution is 0.104. The number of nitrogens with one attached hydrogen (secondary N) is 1. The molecule has 4 nitrogen and oxygen atoms in total. The summed E-state index contributed by atoms with van der Waals surface area (Å²) in [6.07, 6.45) is 5.99. The largest absolute Gasteiger partial charge is 0.378 e. The Balaban J connectivity index is 1.63. The molecule has 0 bridgehead atoms. The molecule has 1 atom stereocenters. The van der Waals surface area contributed by atoms with Crippen molar-refractivity contribution in [1.29, 1.82) is 0 Å². The van der Waals surface area contributed by atoms with Crippen molar-refractivity contribution in [2.24, 2.45) is 5.92 Å². The summed E-state index contributed by atoms with van der Waals surface area (Å²) >= 11 is 1.76. The van der Waals surface area contributed by atoms with E-state index in [9.17, 15) is 0 Å². The molecule has 1 aliphatic heterocycles. The fourth-order valence-electron chi connectivity index (χ4n) is 2.23. The van der Waals surface area contributed by atoms with Crippen molar-refractivity contribution >= 4 is 11.3 Å². The second kappa shape index (κ2) is 7.92. The second-order valence-corrected chi connectivity index (χ2v) is 6.76. The Bertz CT molecular complexity index is 361. The van der Waals surface area contributed by atoms with Crippen LogP contribution in [-0.2, 0) is 17.6 Å². The molecular formula is C14H25N3OS. The van der Waals surface area contributed by atoms with Crippen molar-refractivity contribution in [2.75, 3.05) is 19.7 Å². The standard InChI is InChI=1S/C14H25N3OS/c1-11(2)10-15-8-7-14-17-16-13(19-14)6-5-12-4-3-9-18-12/h11-12,15H,3-10H2,1-2H3. The van der Waals surface area contributed by atoms with Gasteiger partial charge < -0.3 is 10.1 Å². The fraction of sp³-hybridized carbons (Fsp3) is 0.857. The Hall–Kier alpha value is -0.520. The molecule has 0 radical (unpaired) electrons. The van der Waals surface area contributed by atoms with Gasteiger partial charge in [0.2, 0.25) is 0 Å². The van der Waals surface area contributed by atoms with Crippen molar-refractivity contribution in [3.63, 3.8) is 0 Å². The molecule has 0 aliphatic carbocycles. The average Bonchev–Trinajstić information content (AvgIpc) is 3.03. The minimum atomic E-state index is 0.458. The maximum absolute atomic E-state index is 5.63. The lowest BCUT2D eigenvalue weighted by atomic mass is 10.1. The molecule has 1 saturated heterocycles. The van der Waals surface area contributed by atoms with Crippen LogP contribution in [0, 0.1) is 5.92 Å². The van der Waals surface area contributed by atoms with E-state index in [1.54, 1.807) is 11.3 Å². The van der Waals surface area contributed by atoms with Crippen LogP contribution in [0.25, 0.3) is 0 Å². The quantitative estimate of drug-likeness (QED) is 0.744. The van der Waals surface area contributed by atoms with E-state index in [1.807, 2.05) is 0 Å². The third kappa shape index (κ3) is 5.55. The molecule has 1 aromatic rings. The van der Waals surface area contributed by atoms with Gasteiger partial charge in [-0.1, -0.05) is 13.8 Å². The highest BCUT2D eigenvalue weighted by molar-refractivity contribution is 7.11. The number of nitrogens with zero attached hydrogens (tertiary/aromatic N) is 2. The highest BCUT2D eigenvalue weighted by atomic mass is 32.1. The second-order valence-electron chi connectivity index (χ2n) is 5.61. The summed E-state index contributed by atoms with van der Waals surface area (Å²) < 4.78 is 5.63. The van der Waals surface area contributed by atoms with Crippen molar-refractivity contribution in [3.8, 4) is 0 Å². The molecule has 2 rings (SSSR count). The molecule has 5 heteroatoms. The van der Waals surface area contributed by atoms with Crippen LogP contribution in [0.5, 0.6) is 0 Å². The summed E-state index contributed by atoms with van der Waals surface area (Å²) in [5.74, 6) is 0.705. The predicted octanol–water partition coefficient (Wildman–Crippen LogP) is 2.44. The first kappa shape index (κ1) is 14.9. The van der Waals surface area contributed by atoms with Gasteiger partial charge in [0.25, 0.3) is 0 Å². The SMILES string of the molecule is CC(C)CNCCc1nnc(CCC2CCCO2)s1. The summed E-state index contributed by atoms with van der Waals surface area (Å²) in [5, 5.41) is 14.3. The van der Waals surface area contributed by atoms with Gasteiger partial charge in [0.05, 0.1) is 6.10 Å². The maximum atomic E-state index is 5.63. The third-order valence-corrected chi connectivity index (χ3v) is 4.32. The van der Waals surface area contributed by atoms with Crippen LogP contribution in [0.2, 0.25) is 0 Å². The lowest BCUT2D eigenvalue weighted by Gasteiger charge is -2.06. The maximum Gasteiger partial charge on any atom is 0.118 e. The monoisotopic (exact) mass is 283 g/mol. The van der Waals surface area contributed by atoms with Crippen molar-refractivity contribution < 1.29 is 4.74 Å². The van der Waals surface area contributed by atoms with Gasteiger partial charge in [0.15, 0.2) is 0 Å². The minimum Gasteiger partial charge on any atom is -0.378 e. The lowest BCUT2D eigenvalue weighted by Crippen LogP contribution is -2.22. The highest BCUT2D eigenvalue weighted by Crippen LogP contribution is 2.19. The van der Waals surface area contributed by atoms with Gasteiger partial charge in [-0.2, -0.15) is 0 Å². The first-order chi connectivity index (χ1) is 9.24. The number of ether oxygens (including phenoxy) is 1. The van der Waals surface area contributed by atoms with Crippen molar-refractivity contribution in [3.05, 3.63) is 10.0 Å². The van der Waals surface area contributed by atoms with Crippen LogP contribution in [-0.4, -0.2) is 36.0 Å². The Morgan fingerprint density at radius 2 is 2.11 bits per heavy atom. The van der Waals surface area contributed by atoms with Gasteiger partial charge in [0.1, 0.15) is 10.0 Å². The summed E-state index contributed by atoms with van der Waals surface area (Å²) in [5.41, 5.74) is 0. The minimum absolute atomic E-state index is 0.458. The van der Waals surface area contributed by atoms with Crippen LogP contribution in [0.3, 0.4) is 0 Å². The molecule has 2 heterocycles. The van der Waals surface area contributed by atoms with Gasteiger partial charge in [-0.25, -0.2) is 0 Å². The fourth-order valence-corrected chi connectivity index (χ4v) is 3.09. The van der Waals surface area contributed by atoms with E-state index in [0.717, 1.165) is 49.0 Å². The summed E-state index contributed by atoms with van der Waals surface area (Å²) in [6.45, 7) is 7.46. The number of aromatic nitrogens is 2. The molecule has 108 valence electrons. The van der Waals surface area contributed by atoms with E-state index >= 15 is 0 Å². The highest BCUT2D eigenvalue weighted by Gasteiger charge is 2.16. The van der Waals surface area contributed by atoms with Gasteiger partial charge in [-0.15, -0.1) is 21.5 Å². The normalized spacial score (nSPS) is 19.4. The van der Waals surface area contributed by atoms with Crippen LogP contribution < -0.4 is 5.32 Å². The summed E-state index contributed by atoms with van der Waals surface area (Å²) in [4.78, 5) is 0. The third-order valence-electron chi connectivity index (χ3n) is 3.28. The zero-order valence-corrected chi connectivity index (χ0v) is 12.8. The van der Waals surface area contributed by atoms with Crippen LogP contribution in [0.4, 0.5) is 0 Å². The first-order valence-corrected chi connectivity index (χ1v) is 8.19. The molecule has 1 N–H and O–H groups in total. The molecule has 0 spiro atoms. The van der Waals surface area contributed by atoms with Crippen LogP contribution >= 0.6 is 11.3 Å². The van der Waals surface area contributed by atoms with E-state index in [1.165, 1.54) is 12.8 Å². The number of rotatable bonds is 8. The van der Waals surface area contributed by atoms with E-state index in [-0.39, 0.29) is 0 Å². The van der Waals surface area contributed by atoms with Gasteiger partial charge >= 0.3 is 0 Å². The first-order valence-electron chi connectivity index (χ1n) is 7.37. The topological polar surface area (TPSA) is 47.0 Å². The van der Waals surface area contributed by atoms with E-state index < -0.39 is 0 Å². The average molecular weight is 283 g/mol. The number of aryl methyl sites for hydroxylation is 1. The Kier molecular flexibility index (Phi) is 6.20. The van der Waals surface area contributed by atoms with E-state index in [4.69, 9.17) is 4.74 Å². The zero-order valence-electron chi connectivity index (χ0n) is 12.0. The summed E-state index contributed by atoms with van der Waals surface area (Å²) in [6, 6.07) is 0. The molecule has 0 saturated carbocycles. The molecular weight excluding hydrogens is 258 g/mol. The van der Waals surface area contributed by atoms with Gasteiger partial charge in [-0.3, -0.25) is 0 Å². The molecule has 1 aliphatic rings. The molecule has 19 heavy (non-hydrogen) atoms. The van der Waals surface area contributed by atoms with E-state index in [0.29, 0.717) is 12.0 Å². The number of hydrogen-bond donors (Lipinski definition) is 1. The molecule has 1 unspecified atom stereocenters. The smallest absolute Gasteiger partial charge is 0.118 e. The Morgan fingerprint density at radius 1 is 1.32 bits per heavy atom. The van der Waals surface area contributed by atoms with Crippen LogP contribution in [0.15, 0.2) is 0 Å². The molecule has 1 fully saturated rings. The van der Waals surface area contributed by atoms with E-state index in [2.05, 4.69) is 29.4 Å². The Labute approximate surface area is 120 Å². The zero-order chi connectivity index (χ0) is 13.5. The molecule has 0 aromatic carbocycles. The summed E-state index contributed by atoms with van der Waals surface area (Å²) in [7, 11) is 0. The molecule has 1 aromatic heterocycles. The predicted molar refractivity (Wildman–Crippen MR) is 78.6 cm³/mol. The molecule has 0 amide bonds. The van der Waals surface area contributed by atoms with Gasteiger partial charge in [0, 0.05) is 26.0 Å².